The minimum Gasteiger partial charge on any atom is -0.268 e. The number of carbonyl (C=O) groups excluding carboxylic acids is 2. The Hall–Kier alpha value is -3.23. The first-order chi connectivity index (χ1) is 16.2. The number of imide groups is 1. The molecule has 1 atom stereocenters. The van der Waals surface area contributed by atoms with E-state index in [2.05, 4.69) is 5.10 Å². The fourth-order valence-corrected chi connectivity index (χ4v) is 6.60. The maximum absolute atomic E-state index is 13.7. The molecule has 3 heterocycles. The fraction of sp³-hybridized carbons (Fsp3) is 0.240. The Morgan fingerprint density at radius 2 is 1.76 bits per heavy atom. The topological polar surface area (TPSA) is 89.3 Å². The summed E-state index contributed by atoms with van der Waals surface area (Å²) in [4.78, 5) is 28.1. The van der Waals surface area contributed by atoms with E-state index in [0.717, 1.165) is 5.56 Å². The van der Waals surface area contributed by atoms with Gasteiger partial charge in [-0.15, -0.1) is 0 Å². The van der Waals surface area contributed by atoms with Gasteiger partial charge in [-0.1, -0.05) is 41.9 Å². The zero-order valence-electron chi connectivity index (χ0n) is 18.7. The van der Waals surface area contributed by atoms with Crippen molar-refractivity contribution in [3.8, 4) is 0 Å². The molecule has 174 valence electrons. The molecule has 1 unspecified atom stereocenters. The molecule has 34 heavy (non-hydrogen) atoms. The van der Waals surface area contributed by atoms with E-state index in [1.807, 2.05) is 13.0 Å². The standard InChI is InChI=1S/C25H22ClN3O4S/c1-15-6-5-7-17(12-15)28-24(30)20-9-4-3-8-19(20)22(25(28)31)13-21-16(2)27-29(23(21)26)18-10-11-34(32,33)14-18/h3-9,12-13,18H,10-11,14H2,1-2H3. The normalized spacial score (nSPS) is 20.7. The molecular formula is C25H22ClN3O4S. The van der Waals surface area contributed by atoms with Gasteiger partial charge in [0, 0.05) is 16.7 Å². The number of nitrogens with zero attached hydrogens (tertiary/aromatic N) is 3. The number of halogens is 1. The van der Waals surface area contributed by atoms with Crippen LogP contribution in [0.25, 0.3) is 11.6 Å². The Bertz CT molecular complexity index is 1490. The van der Waals surface area contributed by atoms with E-state index in [-0.39, 0.29) is 22.7 Å². The number of rotatable bonds is 3. The van der Waals surface area contributed by atoms with Crippen molar-refractivity contribution in [1.29, 1.82) is 0 Å². The largest absolute Gasteiger partial charge is 0.268 e. The molecule has 2 amide bonds. The van der Waals surface area contributed by atoms with Gasteiger partial charge in [0.2, 0.25) is 0 Å². The van der Waals surface area contributed by atoms with Gasteiger partial charge in [0.05, 0.1) is 28.9 Å². The Morgan fingerprint density at radius 3 is 2.44 bits per heavy atom. The number of hydrogen-bond acceptors (Lipinski definition) is 5. The van der Waals surface area contributed by atoms with Crippen LogP contribution >= 0.6 is 11.6 Å². The highest BCUT2D eigenvalue weighted by Gasteiger charge is 2.37. The summed E-state index contributed by atoms with van der Waals surface area (Å²) in [6.07, 6.45) is 2.09. The Labute approximate surface area is 202 Å². The van der Waals surface area contributed by atoms with Gasteiger partial charge < -0.3 is 0 Å². The predicted octanol–water partition coefficient (Wildman–Crippen LogP) is 4.24. The highest BCUT2D eigenvalue weighted by molar-refractivity contribution is 7.91. The van der Waals surface area contributed by atoms with Crippen LogP contribution in [0.4, 0.5) is 5.69 Å². The van der Waals surface area contributed by atoms with Crippen molar-refractivity contribution in [2.75, 3.05) is 16.4 Å². The summed E-state index contributed by atoms with van der Waals surface area (Å²) in [6.45, 7) is 3.66. The lowest BCUT2D eigenvalue weighted by Crippen LogP contribution is -2.41. The molecule has 7 nitrogen and oxygen atoms in total. The Balaban J connectivity index is 1.64. The third-order valence-corrected chi connectivity index (χ3v) is 8.39. The van der Waals surface area contributed by atoms with Gasteiger partial charge in [-0.25, -0.2) is 18.0 Å². The van der Waals surface area contributed by atoms with Gasteiger partial charge in [0.1, 0.15) is 5.15 Å². The maximum atomic E-state index is 13.7. The molecule has 1 aromatic heterocycles. The first kappa shape index (κ1) is 22.6. The van der Waals surface area contributed by atoms with E-state index < -0.39 is 21.7 Å². The SMILES string of the molecule is Cc1cccc(N2C(=O)C(=Cc3c(C)nn(C4CCS(=O)(=O)C4)c3Cl)c3ccccc3C2=O)c1. The molecule has 0 N–H and O–H groups in total. The third kappa shape index (κ3) is 3.76. The van der Waals surface area contributed by atoms with Crippen LogP contribution < -0.4 is 4.90 Å². The molecule has 1 fully saturated rings. The fourth-order valence-electron chi connectivity index (χ4n) is 4.54. The molecule has 0 bridgehead atoms. The minimum atomic E-state index is -3.12. The molecule has 2 aliphatic heterocycles. The summed E-state index contributed by atoms with van der Waals surface area (Å²) < 4.78 is 25.5. The van der Waals surface area contributed by atoms with Gasteiger partial charge in [-0.3, -0.25) is 9.59 Å². The first-order valence-electron chi connectivity index (χ1n) is 10.9. The first-order valence-corrected chi connectivity index (χ1v) is 13.1. The predicted molar refractivity (Wildman–Crippen MR) is 132 cm³/mol. The zero-order valence-corrected chi connectivity index (χ0v) is 20.2. The Kier molecular flexibility index (Phi) is 5.45. The van der Waals surface area contributed by atoms with Crippen LogP contribution in [0.5, 0.6) is 0 Å². The molecular weight excluding hydrogens is 474 g/mol. The van der Waals surface area contributed by atoms with Gasteiger partial charge in [-0.2, -0.15) is 5.10 Å². The van der Waals surface area contributed by atoms with E-state index in [1.165, 1.54) is 9.58 Å². The molecule has 9 heteroatoms. The quantitative estimate of drug-likeness (QED) is 0.400. The number of carbonyl (C=O) groups is 2. The molecule has 2 aromatic carbocycles. The summed E-state index contributed by atoms with van der Waals surface area (Å²) in [5, 5.41) is 4.77. The highest BCUT2D eigenvalue weighted by atomic mass is 35.5. The molecule has 0 radical (unpaired) electrons. The van der Waals surface area contributed by atoms with E-state index in [4.69, 9.17) is 11.6 Å². The number of anilines is 1. The monoisotopic (exact) mass is 495 g/mol. The lowest BCUT2D eigenvalue weighted by atomic mass is 9.91. The lowest BCUT2D eigenvalue weighted by molar-refractivity contribution is -0.112. The number of benzene rings is 2. The average Bonchev–Trinajstić information content (AvgIpc) is 3.29. The van der Waals surface area contributed by atoms with Crippen molar-refractivity contribution >= 4 is 50.6 Å². The molecule has 3 aromatic rings. The van der Waals surface area contributed by atoms with Crippen LogP contribution in [-0.2, 0) is 14.6 Å². The number of aromatic nitrogens is 2. The van der Waals surface area contributed by atoms with Gasteiger partial charge in [0.25, 0.3) is 11.8 Å². The van der Waals surface area contributed by atoms with Crippen molar-refractivity contribution in [2.24, 2.45) is 0 Å². The molecule has 0 spiro atoms. The van der Waals surface area contributed by atoms with E-state index in [0.29, 0.717) is 40.1 Å². The van der Waals surface area contributed by atoms with Crippen LogP contribution in [0.1, 0.15) is 45.2 Å². The summed E-state index contributed by atoms with van der Waals surface area (Å²) in [6, 6.07) is 13.8. The maximum Gasteiger partial charge on any atom is 0.265 e. The Morgan fingerprint density at radius 1 is 1.03 bits per heavy atom. The highest BCUT2D eigenvalue weighted by Crippen LogP contribution is 2.36. The van der Waals surface area contributed by atoms with E-state index in [9.17, 15) is 18.0 Å². The van der Waals surface area contributed by atoms with Gasteiger partial charge in [0.15, 0.2) is 9.84 Å². The van der Waals surface area contributed by atoms with Crippen LogP contribution in [0, 0.1) is 13.8 Å². The van der Waals surface area contributed by atoms with Crippen LogP contribution in [-0.4, -0.2) is 41.5 Å². The second-order valence-electron chi connectivity index (χ2n) is 8.68. The van der Waals surface area contributed by atoms with Crippen molar-refractivity contribution in [3.05, 3.63) is 81.6 Å². The minimum absolute atomic E-state index is 0.0126. The number of aryl methyl sites for hydroxylation is 2. The molecule has 0 aliphatic carbocycles. The second kappa shape index (κ2) is 8.21. The number of hydrogen-bond donors (Lipinski definition) is 0. The summed E-state index contributed by atoms with van der Waals surface area (Å²) in [7, 11) is -3.12. The number of amides is 2. The molecule has 1 saturated heterocycles. The van der Waals surface area contributed by atoms with E-state index >= 15 is 0 Å². The lowest BCUT2D eigenvalue weighted by Gasteiger charge is -2.29. The molecule has 2 aliphatic rings. The number of fused-ring (bicyclic) bond motifs is 1. The van der Waals surface area contributed by atoms with Gasteiger partial charge in [-0.05, 0) is 55.7 Å². The number of sulfone groups is 1. The summed E-state index contributed by atoms with van der Waals surface area (Å²) in [5.74, 6) is -0.761. The van der Waals surface area contributed by atoms with E-state index in [1.54, 1.807) is 55.5 Å². The summed E-state index contributed by atoms with van der Waals surface area (Å²) in [5.41, 5.74) is 3.78. The average molecular weight is 496 g/mol. The molecule has 5 rings (SSSR count). The van der Waals surface area contributed by atoms with Crippen molar-refractivity contribution in [2.45, 2.75) is 26.3 Å². The summed E-state index contributed by atoms with van der Waals surface area (Å²) >= 11 is 6.67. The zero-order chi connectivity index (χ0) is 24.2. The van der Waals surface area contributed by atoms with Crippen molar-refractivity contribution in [1.82, 2.24) is 9.78 Å². The van der Waals surface area contributed by atoms with Crippen LogP contribution in [0.2, 0.25) is 5.15 Å². The third-order valence-electron chi connectivity index (χ3n) is 6.26. The van der Waals surface area contributed by atoms with Crippen LogP contribution in [0.15, 0.2) is 48.5 Å². The van der Waals surface area contributed by atoms with Crippen LogP contribution in [0.3, 0.4) is 0 Å². The second-order valence-corrected chi connectivity index (χ2v) is 11.3. The molecule has 0 saturated carbocycles. The van der Waals surface area contributed by atoms with Gasteiger partial charge >= 0.3 is 0 Å². The van der Waals surface area contributed by atoms with Crippen molar-refractivity contribution in [3.63, 3.8) is 0 Å². The van der Waals surface area contributed by atoms with Crippen molar-refractivity contribution < 1.29 is 18.0 Å². The smallest absolute Gasteiger partial charge is 0.265 e.